The van der Waals surface area contributed by atoms with E-state index in [2.05, 4.69) is 4.99 Å². The van der Waals surface area contributed by atoms with Crippen molar-refractivity contribution < 1.29 is 18.0 Å². The third kappa shape index (κ3) is 1.93. The van der Waals surface area contributed by atoms with E-state index in [9.17, 15) is 18.0 Å². The van der Waals surface area contributed by atoms with Crippen molar-refractivity contribution in [3.05, 3.63) is 11.6 Å². The second-order valence-corrected chi connectivity index (χ2v) is 2.35. The molecule has 0 saturated carbocycles. The highest BCUT2D eigenvalue weighted by Gasteiger charge is 2.44. The van der Waals surface area contributed by atoms with Crippen molar-refractivity contribution in [3.63, 3.8) is 0 Å². The maximum Gasteiger partial charge on any atom is 0.404 e. The quantitative estimate of drug-likeness (QED) is 0.574. The van der Waals surface area contributed by atoms with Crippen LogP contribution < -0.4 is 0 Å². The molecule has 0 bridgehead atoms. The third-order valence-electron chi connectivity index (χ3n) is 1.42. The fourth-order valence-corrected chi connectivity index (χ4v) is 0.808. The number of hydrogen-bond donors (Lipinski definition) is 0. The van der Waals surface area contributed by atoms with E-state index >= 15 is 0 Å². The number of nitriles is 1. The molecule has 68 valence electrons. The van der Waals surface area contributed by atoms with Crippen molar-refractivity contribution in [2.45, 2.75) is 6.18 Å². The summed E-state index contributed by atoms with van der Waals surface area (Å²) in [5.41, 5.74) is -0.248. The van der Waals surface area contributed by atoms with Gasteiger partial charge >= 0.3 is 6.18 Å². The monoisotopic (exact) mass is 188 g/mol. The van der Waals surface area contributed by atoms with Gasteiger partial charge in [0, 0.05) is 6.21 Å². The number of dihydropyridines is 1. The molecule has 0 saturated heterocycles. The van der Waals surface area contributed by atoms with Crippen LogP contribution in [0.15, 0.2) is 16.6 Å². The van der Waals surface area contributed by atoms with Gasteiger partial charge in [0.05, 0.1) is 5.57 Å². The van der Waals surface area contributed by atoms with Crippen LogP contribution in [0.25, 0.3) is 0 Å². The van der Waals surface area contributed by atoms with Gasteiger partial charge in [0.25, 0.3) is 5.91 Å². The average molecular weight is 188 g/mol. The van der Waals surface area contributed by atoms with Crippen LogP contribution in [-0.4, -0.2) is 18.3 Å². The Morgan fingerprint density at radius 2 is 2.15 bits per heavy atom. The zero-order chi connectivity index (χ0) is 10.1. The molecule has 0 aromatic carbocycles. The summed E-state index contributed by atoms with van der Waals surface area (Å²) in [6.07, 6.45) is -3.28. The Kier molecular flexibility index (Phi) is 2.19. The van der Waals surface area contributed by atoms with E-state index in [1.165, 1.54) is 6.07 Å². The third-order valence-corrected chi connectivity index (χ3v) is 1.42. The summed E-state index contributed by atoms with van der Waals surface area (Å²) in [6.45, 7) is 0. The Bertz CT molecular complexity index is 335. The topological polar surface area (TPSA) is 53.2 Å². The Labute approximate surface area is 71.2 Å². The fourth-order valence-electron chi connectivity index (χ4n) is 0.808. The molecule has 1 aliphatic heterocycles. The van der Waals surface area contributed by atoms with Crippen LogP contribution in [0.2, 0.25) is 0 Å². The van der Waals surface area contributed by atoms with Gasteiger partial charge in [-0.1, -0.05) is 0 Å². The summed E-state index contributed by atoms with van der Waals surface area (Å²) in [5.74, 6) is -3.56. The summed E-state index contributed by atoms with van der Waals surface area (Å²) in [6, 6.07) is 1.49. The molecule has 1 unspecified atom stereocenters. The lowest BCUT2D eigenvalue weighted by molar-refractivity contribution is -0.170. The summed E-state index contributed by atoms with van der Waals surface area (Å²) in [7, 11) is 0. The first-order valence-electron chi connectivity index (χ1n) is 3.21. The van der Waals surface area contributed by atoms with E-state index in [1.54, 1.807) is 0 Å². The smallest absolute Gasteiger partial charge is 0.272 e. The van der Waals surface area contributed by atoms with E-state index in [4.69, 9.17) is 5.26 Å². The number of hydrogen-bond acceptors (Lipinski definition) is 2. The maximum atomic E-state index is 12.1. The molecule has 0 aromatic rings. The van der Waals surface area contributed by atoms with Crippen molar-refractivity contribution >= 4 is 12.1 Å². The molecule has 6 heteroatoms. The van der Waals surface area contributed by atoms with Crippen LogP contribution >= 0.6 is 0 Å². The minimum Gasteiger partial charge on any atom is -0.272 e. The lowest BCUT2D eigenvalue weighted by Gasteiger charge is -2.15. The number of amides is 1. The first kappa shape index (κ1) is 9.45. The predicted octanol–water partition coefficient (Wildman–Crippen LogP) is 1.23. The van der Waals surface area contributed by atoms with Crippen molar-refractivity contribution in [2.75, 3.05) is 0 Å². The first-order chi connectivity index (χ1) is 5.95. The van der Waals surface area contributed by atoms with Crippen LogP contribution in [0, 0.1) is 17.2 Å². The molecular weight excluding hydrogens is 185 g/mol. The lowest BCUT2D eigenvalue weighted by atomic mass is 10.0. The summed E-state index contributed by atoms with van der Waals surface area (Å²) < 4.78 is 36.2. The summed E-state index contributed by atoms with van der Waals surface area (Å²) in [5, 5.41) is 8.27. The van der Waals surface area contributed by atoms with E-state index in [0.717, 1.165) is 6.21 Å². The van der Waals surface area contributed by atoms with Gasteiger partial charge in [-0.2, -0.15) is 18.4 Å². The largest absolute Gasteiger partial charge is 0.404 e. The second-order valence-electron chi connectivity index (χ2n) is 2.35. The van der Waals surface area contributed by atoms with Gasteiger partial charge in [0.1, 0.15) is 6.07 Å². The van der Waals surface area contributed by atoms with Gasteiger partial charge in [-0.25, -0.2) is 4.99 Å². The molecular formula is C7H3F3N2O. The highest BCUT2D eigenvalue weighted by molar-refractivity contribution is 5.99. The van der Waals surface area contributed by atoms with Gasteiger partial charge in [-0.15, -0.1) is 0 Å². The van der Waals surface area contributed by atoms with Crippen molar-refractivity contribution in [1.29, 1.82) is 5.26 Å². The second kappa shape index (κ2) is 3.01. The molecule has 1 rings (SSSR count). The number of nitrogens with zero attached hydrogens (tertiary/aromatic N) is 2. The molecule has 13 heavy (non-hydrogen) atoms. The van der Waals surface area contributed by atoms with Crippen molar-refractivity contribution in [2.24, 2.45) is 10.9 Å². The highest BCUT2D eigenvalue weighted by Crippen LogP contribution is 2.30. The van der Waals surface area contributed by atoms with Crippen molar-refractivity contribution in [1.82, 2.24) is 0 Å². The van der Waals surface area contributed by atoms with Gasteiger partial charge in [-0.05, 0) is 6.08 Å². The molecule has 0 N–H and O–H groups in total. The predicted molar refractivity (Wildman–Crippen MR) is 36.7 cm³/mol. The fraction of sp³-hybridized carbons (Fsp3) is 0.286. The number of carbonyl (C=O) groups is 1. The molecule has 1 aliphatic rings. The maximum absolute atomic E-state index is 12.1. The molecule has 0 spiro atoms. The summed E-state index contributed by atoms with van der Waals surface area (Å²) >= 11 is 0. The summed E-state index contributed by atoms with van der Waals surface area (Å²) in [4.78, 5) is 13.6. The molecule has 3 nitrogen and oxygen atoms in total. The van der Waals surface area contributed by atoms with E-state index in [1.807, 2.05) is 0 Å². The minimum atomic E-state index is -4.67. The van der Waals surface area contributed by atoms with E-state index < -0.39 is 18.0 Å². The molecule has 0 radical (unpaired) electrons. The van der Waals surface area contributed by atoms with Gasteiger partial charge in [-0.3, -0.25) is 4.79 Å². The molecule has 0 aromatic heterocycles. The molecule has 0 aliphatic carbocycles. The number of halogens is 3. The normalized spacial score (nSPS) is 22.5. The molecule has 0 fully saturated rings. The standard InChI is InChI=1S/C7H3F3N2O/c8-7(9,10)5-1-4(2-11)3-12-6(5)13/h1,3,5H. The number of alkyl halides is 3. The Hall–Kier alpha value is -1.64. The Balaban J connectivity index is 3.01. The van der Waals surface area contributed by atoms with Gasteiger partial charge < -0.3 is 0 Å². The molecule has 1 amide bonds. The van der Waals surface area contributed by atoms with Crippen molar-refractivity contribution in [3.8, 4) is 6.07 Å². The van der Waals surface area contributed by atoms with Crippen LogP contribution in [0.3, 0.4) is 0 Å². The van der Waals surface area contributed by atoms with Crippen LogP contribution in [0.4, 0.5) is 13.2 Å². The first-order valence-corrected chi connectivity index (χ1v) is 3.21. The molecule has 1 heterocycles. The Morgan fingerprint density at radius 3 is 2.62 bits per heavy atom. The van der Waals surface area contributed by atoms with E-state index in [0.29, 0.717) is 6.08 Å². The van der Waals surface area contributed by atoms with Crippen LogP contribution in [0.1, 0.15) is 0 Å². The average Bonchev–Trinajstić information content (AvgIpc) is 2.03. The van der Waals surface area contributed by atoms with E-state index in [-0.39, 0.29) is 5.57 Å². The SMILES string of the molecule is N#CC1=CC(C(F)(F)F)C(=O)N=C1. The van der Waals surface area contributed by atoms with Gasteiger partial charge in [0.15, 0.2) is 5.92 Å². The minimum absolute atomic E-state index is 0.248. The van der Waals surface area contributed by atoms with Crippen LogP contribution in [-0.2, 0) is 4.79 Å². The van der Waals surface area contributed by atoms with Crippen LogP contribution in [0.5, 0.6) is 0 Å². The zero-order valence-electron chi connectivity index (χ0n) is 6.17. The molecule has 1 atom stereocenters. The lowest BCUT2D eigenvalue weighted by Crippen LogP contribution is -2.30. The zero-order valence-corrected chi connectivity index (χ0v) is 6.17. The number of aliphatic imine (C=N–C) groups is 1. The van der Waals surface area contributed by atoms with Gasteiger partial charge in [0.2, 0.25) is 0 Å². The number of allylic oxidation sites excluding steroid dienone is 1. The highest BCUT2D eigenvalue weighted by atomic mass is 19.4. The number of carbonyl (C=O) groups excluding carboxylic acids is 1. The number of rotatable bonds is 0. The Morgan fingerprint density at radius 1 is 1.54 bits per heavy atom.